The van der Waals surface area contributed by atoms with Gasteiger partial charge in [-0.3, -0.25) is 0 Å². The third kappa shape index (κ3) is 4.40. The molecule has 0 atom stereocenters. The van der Waals surface area contributed by atoms with Gasteiger partial charge < -0.3 is 14.5 Å². The van der Waals surface area contributed by atoms with Gasteiger partial charge >= 0.3 is 0 Å². The zero-order valence-electron chi connectivity index (χ0n) is 11.2. The molecule has 108 valence electrons. The van der Waals surface area contributed by atoms with Crippen LogP contribution in [0.2, 0.25) is 0 Å². The molecule has 2 rings (SSSR count). The van der Waals surface area contributed by atoms with Gasteiger partial charge in [-0.1, -0.05) is 6.07 Å². The van der Waals surface area contributed by atoms with Gasteiger partial charge in [0.25, 0.3) is 0 Å². The molecule has 0 bridgehead atoms. The van der Waals surface area contributed by atoms with Crippen molar-refractivity contribution in [2.75, 3.05) is 19.4 Å². The predicted octanol–water partition coefficient (Wildman–Crippen LogP) is 1.85. The Bertz CT molecular complexity index is 635. The minimum absolute atomic E-state index is 0.263. The molecule has 0 radical (unpaired) electrons. The smallest absolute Gasteiger partial charge is 0.175 e. The molecule has 0 fully saturated rings. The summed E-state index contributed by atoms with van der Waals surface area (Å²) in [6.07, 6.45) is 2.81. The highest BCUT2D eigenvalue weighted by Gasteiger charge is 2.07. The lowest BCUT2D eigenvalue weighted by Gasteiger charge is -2.08. The van der Waals surface area contributed by atoms with Crippen molar-refractivity contribution in [3.63, 3.8) is 0 Å². The van der Waals surface area contributed by atoms with Gasteiger partial charge in [0.2, 0.25) is 0 Å². The molecule has 20 heavy (non-hydrogen) atoms. The van der Waals surface area contributed by atoms with E-state index in [1.165, 1.54) is 12.3 Å². The van der Waals surface area contributed by atoms with E-state index in [2.05, 4.69) is 5.32 Å². The molecular formula is C14H17NO4S. The summed E-state index contributed by atoms with van der Waals surface area (Å²) in [5, 5.41) is 3.17. The quantitative estimate of drug-likeness (QED) is 0.790. The van der Waals surface area contributed by atoms with E-state index >= 15 is 0 Å². The molecule has 1 heterocycles. The Morgan fingerprint density at radius 3 is 2.80 bits per heavy atom. The van der Waals surface area contributed by atoms with E-state index in [4.69, 9.17) is 9.15 Å². The summed E-state index contributed by atoms with van der Waals surface area (Å²) in [6.45, 7) is 1.73. The molecule has 1 N–H and O–H groups in total. The van der Waals surface area contributed by atoms with Gasteiger partial charge in [0.05, 0.1) is 17.7 Å². The zero-order chi connectivity index (χ0) is 14.4. The first kappa shape index (κ1) is 14.6. The highest BCUT2D eigenvalue weighted by molar-refractivity contribution is 7.90. The first-order valence-corrected chi connectivity index (χ1v) is 8.11. The van der Waals surface area contributed by atoms with Gasteiger partial charge in [-0.05, 0) is 30.3 Å². The van der Waals surface area contributed by atoms with Crippen LogP contribution in [-0.2, 0) is 16.4 Å². The van der Waals surface area contributed by atoms with Crippen LogP contribution in [0.5, 0.6) is 5.75 Å². The predicted molar refractivity (Wildman–Crippen MR) is 75.5 cm³/mol. The lowest BCUT2D eigenvalue weighted by Crippen LogP contribution is -2.20. The highest BCUT2D eigenvalue weighted by Crippen LogP contribution is 2.17. The number of benzene rings is 1. The maximum atomic E-state index is 11.4. The first-order chi connectivity index (χ1) is 9.55. The number of rotatable bonds is 7. The Morgan fingerprint density at radius 2 is 2.10 bits per heavy atom. The van der Waals surface area contributed by atoms with Gasteiger partial charge in [0.15, 0.2) is 9.84 Å². The summed E-state index contributed by atoms with van der Waals surface area (Å²) in [5.74, 6) is 1.41. The van der Waals surface area contributed by atoms with E-state index in [9.17, 15) is 8.42 Å². The average Bonchev–Trinajstić information content (AvgIpc) is 2.91. The second kappa shape index (κ2) is 6.58. The van der Waals surface area contributed by atoms with Crippen LogP contribution in [0.4, 0.5) is 0 Å². The summed E-state index contributed by atoms with van der Waals surface area (Å²) in [7, 11) is -3.20. The van der Waals surface area contributed by atoms with E-state index in [-0.39, 0.29) is 4.90 Å². The minimum atomic E-state index is -3.20. The normalized spacial score (nSPS) is 11.4. The molecule has 0 amide bonds. The molecule has 0 spiro atoms. The van der Waals surface area contributed by atoms with Crippen molar-refractivity contribution >= 4 is 9.84 Å². The minimum Gasteiger partial charge on any atom is -0.492 e. The molecule has 0 aliphatic heterocycles. The monoisotopic (exact) mass is 295 g/mol. The van der Waals surface area contributed by atoms with Crippen molar-refractivity contribution in [1.82, 2.24) is 5.32 Å². The molecule has 6 heteroatoms. The van der Waals surface area contributed by atoms with Crippen LogP contribution in [0, 0.1) is 0 Å². The number of hydrogen-bond donors (Lipinski definition) is 1. The molecule has 0 aliphatic carbocycles. The van der Waals surface area contributed by atoms with Crippen LogP contribution in [0.1, 0.15) is 5.76 Å². The van der Waals surface area contributed by atoms with Crippen molar-refractivity contribution in [2.24, 2.45) is 0 Å². The lowest BCUT2D eigenvalue weighted by atomic mass is 10.3. The molecular weight excluding hydrogens is 278 g/mol. The Hall–Kier alpha value is -1.79. The fourth-order valence-electron chi connectivity index (χ4n) is 1.66. The number of furan rings is 1. The average molecular weight is 295 g/mol. The van der Waals surface area contributed by atoms with Gasteiger partial charge in [-0.15, -0.1) is 0 Å². The third-order valence-electron chi connectivity index (χ3n) is 2.66. The van der Waals surface area contributed by atoms with Gasteiger partial charge in [0, 0.05) is 12.8 Å². The maximum Gasteiger partial charge on any atom is 0.175 e. The number of ether oxygens (including phenoxy) is 1. The number of hydrogen-bond acceptors (Lipinski definition) is 5. The molecule has 0 saturated heterocycles. The van der Waals surface area contributed by atoms with Gasteiger partial charge in [-0.2, -0.15) is 0 Å². The van der Waals surface area contributed by atoms with Gasteiger partial charge in [-0.25, -0.2) is 8.42 Å². The summed E-state index contributed by atoms with van der Waals surface area (Å²) in [5.41, 5.74) is 0. The highest BCUT2D eigenvalue weighted by atomic mass is 32.2. The van der Waals surface area contributed by atoms with Crippen LogP contribution in [-0.4, -0.2) is 27.8 Å². The topological polar surface area (TPSA) is 68.5 Å². The van der Waals surface area contributed by atoms with E-state index in [0.29, 0.717) is 25.4 Å². The van der Waals surface area contributed by atoms with E-state index in [0.717, 1.165) is 5.76 Å². The summed E-state index contributed by atoms with van der Waals surface area (Å²) < 4.78 is 33.5. The van der Waals surface area contributed by atoms with Crippen LogP contribution >= 0.6 is 0 Å². The third-order valence-corrected chi connectivity index (χ3v) is 3.77. The van der Waals surface area contributed by atoms with Crippen molar-refractivity contribution < 1.29 is 17.6 Å². The lowest BCUT2D eigenvalue weighted by molar-refractivity contribution is 0.310. The molecule has 0 aliphatic rings. The van der Waals surface area contributed by atoms with Crippen molar-refractivity contribution in [3.05, 3.63) is 48.4 Å². The number of sulfone groups is 1. The van der Waals surface area contributed by atoms with E-state index in [1.54, 1.807) is 24.5 Å². The molecule has 5 nitrogen and oxygen atoms in total. The van der Waals surface area contributed by atoms with Crippen LogP contribution < -0.4 is 10.1 Å². The fourth-order valence-corrected chi connectivity index (χ4v) is 2.32. The molecule has 0 saturated carbocycles. The van der Waals surface area contributed by atoms with E-state index < -0.39 is 9.84 Å². The Kier molecular flexibility index (Phi) is 4.81. The SMILES string of the molecule is CS(=O)(=O)c1cccc(OCCNCc2ccco2)c1. The Labute approximate surface area is 118 Å². The molecule has 0 unspecified atom stereocenters. The molecule has 2 aromatic rings. The number of nitrogens with one attached hydrogen (secondary N) is 1. The van der Waals surface area contributed by atoms with Crippen molar-refractivity contribution in [2.45, 2.75) is 11.4 Å². The molecule has 1 aromatic carbocycles. The first-order valence-electron chi connectivity index (χ1n) is 6.22. The standard InChI is InChI=1S/C14H17NO4S/c1-20(16,17)14-6-2-4-12(10-14)19-9-7-15-11-13-5-3-8-18-13/h2-6,8,10,15H,7,9,11H2,1H3. The summed E-state index contributed by atoms with van der Waals surface area (Å²) >= 11 is 0. The van der Waals surface area contributed by atoms with Crippen LogP contribution in [0.15, 0.2) is 52.0 Å². The fraction of sp³-hybridized carbons (Fsp3) is 0.286. The van der Waals surface area contributed by atoms with Crippen molar-refractivity contribution in [1.29, 1.82) is 0 Å². The second-order valence-corrected chi connectivity index (χ2v) is 6.37. The zero-order valence-corrected chi connectivity index (χ0v) is 12.0. The maximum absolute atomic E-state index is 11.4. The Morgan fingerprint density at radius 1 is 1.25 bits per heavy atom. The second-order valence-electron chi connectivity index (χ2n) is 4.35. The van der Waals surface area contributed by atoms with Crippen LogP contribution in [0.25, 0.3) is 0 Å². The molecule has 1 aromatic heterocycles. The van der Waals surface area contributed by atoms with Crippen LogP contribution in [0.3, 0.4) is 0 Å². The Balaban J connectivity index is 1.77. The van der Waals surface area contributed by atoms with E-state index in [1.807, 2.05) is 12.1 Å². The summed E-state index contributed by atoms with van der Waals surface area (Å²) in [4.78, 5) is 0.263. The van der Waals surface area contributed by atoms with Crippen molar-refractivity contribution in [3.8, 4) is 5.75 Å². The largest absolute Gasteiger partial charge is 0.492 e. The van der Waals surface area contributed by atoms with Gasteiger partial charge in [0.1, 0.15) is 18.1 Å². The summed E-state index contributed by atoms with van der Waals surface area (Å²) in [6, 6.07) is 10.2.